The van der Waals surface area contributed by atoms with Crippen LogP contribution in [0.4, 0.5) is 0 Å². The Kier molecular flexibility index (Phi) is 5.77. The number of carboxylic acids is 1. The number of amides is 2. The molecule has 0 aromatic carbocycles. The lowest BCUT2D eigenvalue weighted by molar-refractivity contribution is -0.137. The van der Waals surface area contributed by atoms with Crippen molar-refractivity contribution in [3.63, 3.8) is 0 Å². The van der Waals surface area contributed by atoms with Crippen LogP contribution < -0.4 is 10.6 Å². The van der Waals surface area contributed by atoms with Gasteiger partial charge in [0.25, 0.3) is 0 Å². The number of carbonyl (C=O) groups is 3. The van der Waals surface area contributed by atoms with Crippen molar-refractivity contribution in [3.05, 3.63) is 11.6 Å². The van der Waals surface area contributed by atoms with E-state index in [9.17, 15) is 14.4 Å². The predicted molar refractivity (Wildman–Crippen MR) is 53.1 cm³/mol. The summed E-state index contributed by atoms with van der Waals surface area (Å²) in [6, 6.07) is 0. The summed E-state index contributed by atoms with van der Waals surface area (Å²) in [6.07, 6.45) is 1.35. The monoisotopic (exact) mass is 214 g/mol. The third-order valence-corrected chi connectivity index (χ3v) is 1.28. The van der Waals surface area contributed by atoms with E-state index in [4.69, 9.17) is 5.11 Å². The molecular formula is C9H14N2O4. The van der Waals surface area contributed by atoms with Crippen LogP contribution >= 0.6 is 0 Å². The van der Waals surface area contributed by atoms with Crippen LogP contribution in [0.25, 0.3) is 0 Å². The fourth-order valence-electron chi connectivity index (χ4n) is 0.717. The Morgan fingerprint density at radius 3 is 2.20 bits per heavy atom. The molecule has 6 heteroatoms. The SMILES string of the molecule is CC(C)=CC(=O)NCC(=O)NCC(=O)O. The molecule has 0 heterocycles. The minimum atomic E-state index is -1.13. The maximum atomic E-state index is 11.0. The summed E-state index contributed by atoms with van der Waals surface area (Å²) < 4.78 is 0. The van der Waals surface area contributed by atoms with E-state index in [1.165, 1.54) is 6.08 Å². The number of hydrogen-bond donors (Lipinski definition) is 3. The molecule has 0 aliphatic rings. The van der Waals surface area contributed by atoms with Crippen LogP contribution in [0, 0.1) is 0 Å². The summed E-state index contributed by atoms with van der Waals surface area (Å²) in [5, 5.41) is 12.7. The van der Waals surface area contributed by atoms with E-state index in [1.807, 2.05) is 0 Å². The summed E-state index contributed by atoms with van der Waals surface area (Å²) in [4.78, 5) is 32.0. The molecule has 6 nitrogen and oxygen atoms in total. The molecular weight excluding hydrogens is 200 g/mol. The highest BCUT2D eigenvalue weighted by Gasteiger charge is 2.04. The molecule has 0 aliphatic carbocycles. The molecule has 0 aromatic heterocycles. The Labute approximate surface area is 87.3 Å². The zero-order chi connectivity index (χ0) is 11.8. The largest absolute Gasteiger partial charge is 0.480 e. The third-order valence-electron chi connectivity index (χ3n) is 1.28. The van der Waals surface area contributed by atoms with Crippen molar-refractivity contribution in [1.29, 1.82) is 0 Å². The van der Waals surface area contributed by atoms with E-state index in [0.717, 1.165) is 5.57 Å². The second-order valence-electron chi connectivity index (χ2n) is 3.11. The Hall–Kier alpha value is -1.85. The van der Waals surface area contributed by atoms with Gasteiger partial charge in [-0.15, -0.1) is 0 Å². The van der Waals surface area contributed by atoms with Crippen molar-refractivity contribution in [2.45, 2.75) is 13.8 Å². The first-order chi connectivity index (χ1) is 6.91. The van der Waals surface area contributed by atoms with Gasteiger partial charge in [0, 0.05) is 6.08 Å². The lowest BCUT2D eigenvalue weighted by Crippen LogP contribution is -2.38. The summed E-state index contributed by atoms with van der Waals surface area (Å²) in [6.45, 7) is 2.83. The van der Waals surface area contributed by atoms with Gasteiger partial charge in [-0.3, -0.25) is 14.4 Å². The van der Waals surface area contributed by atoms with Crippen LogP contribution in [0.15, 0.2) is 11.6 Å². The van der Waals surface area contributed by atoms with Crippen LogP contribution in [0.1, 0.15) is 13.8 Å². The van der Waals surface area contributed by atoms with Crippen molar-refractivity contribution < 1.29 is 19.5 Å². The standard InChI is InChI=1S/C9H14N2O4/c1-6(2)3-7(12)10-4-8(13)11-5-9(14)15/h3H,4-5H2,1-2H3,(H,10,12)(H,11,13)(H,14,15). The van der Waals surface area contributed by atoms with Gasteiger partial charge in [-0.05, 0) is 13.8 Å². The minimum absolute atomic E-state index is 0.226. The van der Waals surface area contributed by atoms with Crippen LogP contribution in [0.3, 0.4) is 0 Å². The quantitative estimate of drug-likeness (QED) is 0.526. The van der Waals surface area contributed by atoms with Crippen molar-refractivity contribution in [1.82, 2.24) is 10.6 Å². The lowest BCUT2D eigenvalue weighted by Gasteiger charge is -2.02. The summed E-state index contributed by atoms with van der Waals surface area (Å²) in [5.41, 5.74) is 0.818. The van der Waals surface area contributed by atoms with Crippen molar-refractivity contribution in [2.75, 3.05) is 13.1 Å². The first-order valence-electron chi connectivity index (χ1n) is 4.33. The minimum Gasteiger partial charge on any atom is -0.480 e. The first kappa shape index (κ1) is 13.2. The third kappa shape index (κ3) is 8.48. The molecule has 0 aromatic rings. The second kappa shape index (κ2) is 6.58. The molecule has 0 unspecified atom stereocenters. The molecule has 84 valence electrons. The number of nitrogens with one attached hydrogen (secondary N) is 2. The predicted octanol–water partition coefficient (Wildman–Crippen LogP) is -0.730. The zero-order valence-corrected chi connectivity index (χ0v) is 8.66. The Balaban J connectivity index is 3.76. The van der Waals surface area contributed by atoms with E-state index in [1.54, 1.807) is 13.8 Å². The number of carboxylic acid groups (broad SMARTS) is 1. The Morgan fingerprint density at radius 2 is 1.73 bits per heavy atom. The average Bonchev–Trinajstić information content (AvgIpc) is 2.10. The van der Waals surface area contributed by atoms with Crippen molar-refractivity contribution in [2.24, 2.45) is 0 Å². The fraction of sp³-hybridized carbons (Fsp3) is 0.444. The molecule has 0 aliphatic heterocycles. The Bertz CT molecular complexity index is 292. The van der Waals surface area contributed by atoms with E-state index in [-0.39, 0.29) is 12.5 Å². The summed E-state index contributed by atoms with van der Waals surface area (Å²) in [5.74, 6) is -2.03. The normalized spacial score (nSPS) is 8.93. The molecule has 0 atom stereocenters. The molecule has 0 saturated carbocycles. The van der Waals surface area contributed by atoms with E-state index in [0.29, 0.717) is 0 Å². The summed E-state index contributed by atoms with van der Waals surface area (Å²) in [7, 11) is 0. The van der Waals surface area contributed by atoms with Gasteiger partial charge in [-0.25, -0.2) is 0 Å². The highest BCUT2D eigenvalue weighted by atomic mass is 16.4. The number of carbonyl (C=O) groups excluding carboxylic acids is 2. The van der Waals surface area contributed by atoms with Crippen molar-refractivity contribution >= 4 is 17.8 Å². The molecule has 2 amide bonds. The van der Waals surface area contributed by atoms with Gasteiger partial charge >= 0.3 is 5.97 Å². The first-order valence-corrected chi connectivity index (χ1v) is 4.33. The second-order valence-corrected chi connectivity index (χ2v) is 3.11. The molecule has 0 rings (SSSR count). The molecule has 0 spiro atoms. The lowest BCUT2D eigenvalue weighted by atomic mass is 10.3. The maximum Gasteiger partial charge on any atom is 0.322 e. The van der Waals surface area contributed by atoms with Crippen molar-refractivity contribution in [3.8, 4) is 0 Å². The van der Waals surface area contributed by atoms with Gasteiger partial charge in [0.1, 0.15) is 6.54 Å². The number of rotatable bonds is 5. The molecule has 0 fully saturated rings. The van der Waals surface area contributed by atoms with E-state index < -0.39 is 18.4 Å². The number of hydrogen-bond acceptors (Lipinski definition) is 3. The number of allylic oxidation sites excluding steroid dienone is 1. The summed E-state index contributed by atoms with van der Waals surface area (Å²) >= 11 is 0. The van der Waals surface area contributed by atoms with Gasteiger partial charge in [0.2, 0.25) is 11.8 Å². The maximum absolute atomic E-state index is 11.0. The fourth-order valence-corrected chi connectivity index (χ4v) is 0.717. The highest BCUT2D eigenvalue weighted by molar-refractivity contribution is 5.92. The van der Waals surface area contributed by atoms with Gasteiger partial charge in [-0.1, -0.05) is 5.57 Å². The smallest absolute Gasteiger partial charge is 0.322 e. The van der Waals surface area contributed by atoms with Crippen LogP contribution in [-0.4, -0.2) is 36.0 Å². The van der Waals surface area contributed by atoms with Crippen LogP contribution in [0.2, 0.25) is 0 Å². The molecule has 0 saturated heterocycles. The molecule has 3 N–H and O–H groups in total. The van der Waals surface area contributed by atoms with Crippen LogP contribution in [-0.2, 0) is 14.4 Å². The molecule has 15 heavy (non-hydrogen) atoms. The Morgan fingerprint density at radius 1 is 1.13 bits per heavy atom. The topological polar surface area (TPSA) is 95.5 Å². The number of aliphatic carboxylic acids is 1. The van der Waals surface area contributed by atoms with Gasteiger partial charge in [0.05, 0.1) is 6.54 Å². The zero-order valence-electron chi connectivity index (χ0n) is 8.66. The average molecular weight is 214 g/mol. The van der Waals surface area contributed by atoms with E-state index >= 15 is 0 Å². The van der Waals surface area contributed by atoms with Gasteiger partial charge < -0.3 is 15.7 Å². The van der Waals surface area contributed by atoms with E-state index in [2.05, 4.69) is 10.6 Å². The highest BCUT2D eigenvalue weighted by Crippen LogP contribution is 1.86. The van der Waals surface area contributed by atoms with Crippen LogP contribution in [0.5, 0.6) is 0 Å². The molecule has 0 bridgehead atoms. The molecule has 0 radical (unpaired) electrons. The van der Waals surface area contributed by atoms with Gasteiger partial charge in [-0.2, -0.15) is 0 Å². The van der Waals surface area contributed by atoms with Gasteiger partial charge in [0.15, 0.2) is 0 Å².